The first-order valence-corrected chi connectivity index (χ1v) is 6.16. The molecule has 0 radical (unpaired) electrons. The molecule has 0 unspecified atom stereocenters. The van der Waals surface area contributed by atoms with Crippen LogP contribution in [0.25, 0.3) is 0 Å². The minimum atomic E-state index is 0.559. The second kappa shape index (κ2) is 4.83. The number of nitrogens with one attached hydrogen (secondary N) is 1. The van der Waals surface area contributed by atoms with E-state index in [9.17, 15) is 0 Å². The highest BCUT2D eigenvalue weighted by Gasteiger charge is 2.34. The summed E-state index contributed by atoms with van der Waals surface area (Å²) in [6.45, 7) is 4.17. The van der Waals surface area contributed by atoms with E-state index in [-0.39, 0.29) is 0 Å². The average molecular weight is 219 g/mol. The van der Waals surface area contributed by atoms with E-state index in [1.165, 1.54) is 25.7 Å². The Morgan fingerprint density at radius 3 is 2.88 bits per heavy atom. The second-order valence-corrected chi connectivity index (χ2v) is 4.85. The molecule has 1 aliphatic rings. The first kappa shape index (κ1) is 11.4. The molecule has 88 valence electrons. The number of anilines is 1. The zero-order valence-corrected chi connectivity index (χ0v) is 10.00. The molecule has 2 rings (SSSR count). The molecule has 0 amide bonds. The molecule has 1 aromatic heterocycles. The maximum atomic E-state index is 5.85. The van der Waals surface area contributed by atoms with E-state index in [1.54, 1.807) is 6.20 Å². The highest BCUT2D eigenvalue weighted by atomic mass is 14.9. The zero-order valence-electron chi connectivity index (χ0n) is 10.00. The van der Waals surface area contributed by atoms with Gasteiger partial charge < -0.3 is 11.1 Å². The van der Waals surface area contributed by atoms with Gasteiger partial charge in [0.25, 0.3) is 0 Å². The summed E-state index contributed by atoms with van der Waals surface area (Å²) < 4.78 is 0. The normalized spacial score (nSPS) is 18.1. The van der Waals surface area contributed by atoms with Crippen molar-refractivity contribution in [3.63, 3.8) is 0 Å². The molecule has 0 aliphatic heterocycles. The van der Waals surface area contributed by atoms with Crippen LogP contribution in [0, 0.1) is 5.41 Å². The Bertz CT molecular complexity index is 339. The van der Waals surface area contributed by atoms with Crippen LogP contribution in [0.1, 0.15) is 38.3 Å². The van der Waals surface area contributed by atoms with Gasteiger partial charge in [0.1, 0.15) is 0 Å². The van der Waals surface area contributed by atoms with Gasteiger partial charge in [-0.05, 0) is 36.8 Å². The lowest BCUT2D eigenvalue weighted by Gasteiger charge is -2.41. The van der Waals surface area contributed by atoms with Crippen LogP contribution in [0.2, 0.25) is 0 Å². The standard InChI is InChI=1S/C13H21N3/c1-2-13(6-4-7-13)10-15-9-12-11(14)5-3-8-16-12/h3,5,8,15H,2,4,6-7,9-10,14H2,1H3. The van der Waals surface area contributed by atoms with Gasteiger partial charge >= 0.3 is 0 Å². The van der Waals surface area contributed by atoms with Gasteiger partial charge in [-0.2, -0.15) is 0 Å². The molecule has 0 spiro atoms. The Hall–Kier alpha value is -1.09. The molecular formula is C13H21N3. The van der Waals surface area contributed by atoms with Crippen molar-refractivity contribution < 1.29 is 0 Å². The van der Waals surface area contributed by atoms with E-state index in [2.05, 4.69) is 17.2 Å². The number of nitrogens with zero attached hydrogens (tertiary/aromatic N) is 1. The number of hydrogen-bond donors (Lipinski definition) is 2. The fourth-order valence-corrected chi connectivity index (χ4v) is 2.38. The largest absolute Gasteiger partial charge is 0.397 e. The zero-order chi connectivity index (χ0) is 11.4. The number of pyridine rings is 1. The maximum absolute atomic E-state index is 5.85. The van der Waals surface area contributed by atoms with Gasteiger partial charge in [0.15, 0.2) is 0 Å². The highest BCUT2D eigenvalue weighted by molar-refractivity contribution is 5.41. The molecule has 1 aliphatic carbocycles. The quantitative estimate of drug-likeness (QED) is 0.799. The molecule has 16 heavy (non-hydrogen) atoms. The third-order valence-electron chi connectivity index (χ3n) is 3.88. The van der Waals surface area contributed by atoms with E-state index in [0.29, 0.717) is 5.41 Å². The molecule has 3 N–H and O–H groups in total. The van der Waals surface area contributed by atoms with Gasteiger partial charge in [-0.3, -0.25) is 4.98 Å². The van der Waals surface area contributed by atoms with Crippen LogP contribution in [-0.2, 0) is 6.54 Å². The highest BCUT2D eigenvalue weighted by Crippen LogP contribution is 2.43. The molecule has 0 saturated heterocycles. The number of nitrogen functional groups attached to an aromatic ring is 1. The molecule has 1 heterocycles. The number of rotatable bonds is 5. The summed E-state index contributed by atoms with van der Waals surface area (Å²) in [5.74, 6) is 0. The molecule has 0 aromatic carbocycles. The molecule has 3 heteroatoms. The SMILES string of the molecule is CCC1(CNCc2ncccc2N)CCC1. The van der Waals surface area contributed by atoms with Crippen LogP contribution in [0.4, 0.5) is 5.69 Å². The lowest BCUT2D eigenvalue weighted by atomic mass is 9.67. The summed E-state index contributed by atoms with van der Waals surface area (Å²) in [4.78, 5) is 4.28. The van der Waals surface area contributed by atoms with Gasteiger partial charge in [0.05, 0.1) is 11.4 Å². The van der Waals surface area contributed by atoms with Crippen LogP contribution in [0.5, 0.6) is 0 Å². The van der Waals surface area contributed by atoms with Crippen molar-refractivity contribution in [1.29, 1.82) is 0 Å². The predicted molar refractivity (Wildman–Crippen MR) is 66.9 cm³/mol. The predicted octanol–water partition coefficient (Wildman–Crippen LogP) is 2.33. The number of hydrogen-bond acceptors (Lipinski definition) is 3. The third-order valence-corrected chi connectivity index (χ3v) is 3.88. The van der Waals surface area contributed by atoms with Gasteiger partial charge in [-0.25, -0.2) is 0 Å². The fraction of sp³-hybridized carbons (Fsp3) is 0.615. The minimum Gasteiger partial charge on any atom is -0.397 e. The summed E-state index contributed by atoms with van der Waals surface area (Å²) in [6, 6.07) is 3.78. The molecule has 1 saturated carbocycles. The summed E-state index contributed by atoms with van der Waals surface area (Å²) in [5, 5.41) is 3.49. The lowest BCUT2D eigenvalue weighted by molar-refractivity contribution is 0.123. The molecule has 1 fully saturated rings. The first-order chi connectivity index (χ1) is 7.76. The third kappa shape index (κ3) is 2.35. The van der Waals surface area contributed by atoms with E-state index < -0.39 is 0 Å². The Morgan fingerprint density at radius 2 is 2.31 bits per heavy atom. The van der Waals surface area contributed by atoms with Crippen LogP contribution < -0.4 is 11.1 Å². The van der Waals surface area contributed by atoms with Crippen molar-refractivity contribution >= 4 is 5.69 Å². The fourth-order valence-electron chi connectivity index (χ4n) is 2.38. The molecular weight excluding hydrogens is 198 g/mol. The van der Waals surface area contributed by atoms with Gasteiger partial charge in [0, 0.05) is 19.3 Å². The van der Waals surface area contributed by atoms with Crippen LogP contribution in [0.3, 0.4) is 0 Å². The number of aromatic nitrogens is 1. The van der Waals surface area contributed by atoms with E-state index in [1.807, 2.05) is 12.1 Å². The number of nitrogens with two attached hydrogens (primary N) is 1. The van der Waals surface area contributed by atoms with Crippen molar-refractivity contribution in [2.75, 3.05) is 12.3 Å². The van der Waals surface area contributed by atoms with Crippen molar-refractivity contribution in [3.8, 4) is 0 Å². The molecule has 1 aromatic rings. The minimum absolute atomic E-state index is 0.559. The van der Waals surface area contributed by atoms with Gasteiger partial charge in [-0.1, -0.05) is 13.3 Å². The molecule has 0 bridgehead atoms. The van der Waals surface area contributed by atoms with Crippen molar-refractivity contribution in [2.45, 2.75) is 39.2 Å². The van der Waals surface area contributed by atoms with E-state index in [4.69, 9.17) is 5.73 Å². The monoisotopic (exact) mass is 219 g/mol. The van der Waals surface area contributed by atoms with Gasteiger partial charge in [-0.15, -0.1) is 0 Å². The second-order valence-electron chi connectivity index (χ2n) is 4.85. The Labute approximate surface area is 97.5 Å². The van der Waals surface area contributed by atoms with Crippen molar-refractivity contribution in [3.05, 3.63) is 24.0 Å². The molecule has 0 atom stereocenters. The summed E-state index contributed by atoms with van der Waals surface area (Å²) in [6.07, 6.45) is 7.20. The Morgan fingerprint density at radius 1 is 1.50 bits per heavy atom. The Kier molecular flexibility index (Phi) is 3.44. The maximum Gasteiger partial charge on any atom is 0.0770 e. The Balaban J connectivity index is 1.82. The van der Waals surface area contributed by atoms with E-state index in [0.717, 1.165) is 24.5 Å². The van der Waals surface area contributed by atoms with Crippen LogP contribution in [-0.4, -0.2) is 11.5 Å². The van der Waals surface area contributed by atoms with Crippen molar-refractivity contribution in [2.24, 2.45) is 5.41 Å². The van der Waals surface area contributed by atoms with Gasteiger partial charge in [0.2, 0.25) is 0 Å². The lowest BCUT2D eigenvalue weighted by Crippen LogP contribution is -2.39. The first-order valence-electron chi connectivity index (χ1n) is 6.16. The van der Waals surface area contributed by atoms with Crippen LogP contribution >= 0.6 is 0 Å². The summed E-state index contributed by atoms with van der Waals surface area (Å²) in [5.41, 5.74) is 8.16. The van der Waals surface area contributed by atoms with E-state index >= 15 is 0 Å². The molecule has 3 nitrogen and oxygen atoms in total. The van der Waals surface area contributed by atoms with Crippen molar-refractivity contribution in [1.82, 2.24) is 10.3 Å². The van der Waals surface area contributed by atoms with Crippen LogP contribution in [0.15, 0.2) is 18.3 Å². The topological polar surface area (TPSA) is 50.9 Å². The summed E-state index contributed by atoms with van der Waals surface area (Å²) in [7, 11) is 0. The smallest absolute Gasteiger partial charge is 0.0770 e. The average Bonchev–Trinajstić information content (AvgIpc) is 2.25. The summed E-state index contributed by atoms with van der Waals surface area (Å²) >= 11 is 0.